The summed E-state index contributed by atoms with van der Waals surface area (Å²) in [6, 6.07) is 0. The number of nitrogens with one attached hydrogen (secondary N) is 2. The Bertz CT molecular complexity index is 1100. The van der Waals surface area contributed by atoms with Crippen molar-refractivity contribution in [2.45, 2.75) is 25.4 Å². The first kappa shape index (κ1) is 18.0. The highest BCUT2D eigenvalue weighted by Gasteiger charge is 2.23. The van der Waals surface area contributed by atoms with Gasteiger partial charge in [0.15, 0.2) is 17.2 Å². The van der Waals surface area contributed by atoms with Crippen LogP contribution in [0, 0.1) is 0 Å². The quantitative estimate of drug-likeness (QED) is 0.783. The molecule has 1 aliphatic heterocycles. The first-order chi connectivity index (χ1) is 13.0. The number of aliphatic imine (C=N–C) groups is 2. The second-order valence-corrected chi connectivity index (χ2v) is 8.29. The molecule has 0 saturated carbocycles. The van der Waals surface area contributed by atoms with E-state index in [9.17, 15) is 8.42 Å². The lowest BCUT2D eigenvalue weighted by Crippen LogP contribution is -2.37. The number of aromatic amines is 1. The standard InChI is InChI=1S/C16H16ClN7O2S/c17-11-8-19-16-13(20-11)14(22-23-16)15-18-7-6-12(21-15)24-27(25,26)9-10-4-2-1-3-5-10/h1-2,4,7-8,12,24H,3,5-6,9H2,(H,19,22,23). The number of H-pyrrole nitrogens is 1. The number of halogens is 1. The fourth-order valence-electron chi connectivity index (χ4n) is 2.87. The summed E-state index contributed by atoms with van der Waals surface area (Å²) in [5, 5.41) is 7.10. The molecule has 0 saturated heterocycles. The van der Waals surface area contributed by atoms with Gasteiger partial charge in [-0.15, -0.1) is 0 Å². The van der Waals surface area contributed by atoms with Crippen molar-refractivity contribution in [3.63, 3.8) is 0 Å². The van der Waals surface area contributed by atoms with Gasteiger partial charge in [0.25, 0.3) is 0 Å². The maximum Gasteiger partial charge on any atom is 0.217 e. The highest BCUT2D eigenvalue weighted by atomic mass is 35.5. The maximum absolute atomic E-state index is 12.5. The molecule has 1 unspecified atom stereocenters. The van der Waals surface area contributed by atoms with Gasteiger partial charge in [-0.3, -0.25) is 5.10 Å². The lowest BCUT2D eigenvalue weighted by atomic mass is 10.1. The zero-order valence-corrected chi connectivity index (χ0v) is 15.7. The normalized spacial score (nSPS) is 20.0. The van der Waals surface area contributed by atoms with Crippen LogP contribution in [0.5, 0.6) is 0 Å². The first-order valence-corrected chi connectivity index (χ1v) is 10.3. The van der Waals surface area contributed by atoms with Crippen LogP contribution in [0.4, 0.5) is 0 Å². The highest BCUT2D eigenvalue weighted by molar-refractivity contribution is 7.89. The fourth-order valence-corrected chi connectivity index (χ4v) is 4.38. The van der Waals surface area contributed by atoms with Gasteiger partial charge in [0.05, 0.1) is 11.9 Å². The minimum atomic E-state index is -3.52. The number of hydrogen-bond donors (Lipinski definition) is 2. The van der Waals surface area contributed by atoms with Crippen LogP contribution in [-0.4, -0.2) is 52.6 Å². The van der Waals surface area contributed by atoms with Crippen LogP contribution in [0.25, 0.3) is 11.2 Å². The minimum Gasteiger partial charge on any atom is -0.259 e. The van der Waals surface area contributed by atoms with Crippen molar-refractivity contribution in [1.82, 2.24) is 24.9 Å². The maximum atomic E-state index is 12.5. The summed E-state index contributed by atoms with van der Waals surface area (Å²) < 4.78 is 27.6. The summed E-state index contributed by atoms with van der Waals surface area (Å²) in [6.45, 7) is 0. The number of nitrogens with zero attached hydrogens (tertiary/aromatic N) is 5. The van der Waals surface area contributed by atoms with Gasteiger partial charge in [-0.2, -0.15) is 9.82 Å². The number of sulfonamides is 1. The summed E-state index contributed by atoms with van der Waals surface area (Å²) in [5.74, 6) is 0.235. The number of aromatic nitrogens is 4. The minimum absolute atomic E-state index is 0.0394. The van der Waals surface area contributed by atoms with E-state index in [1.54, 1.807) is 6.21 Å². The van der Waals surface area contributed by atoms with E-state index in [1.165, 1.54) is 6.20 Å². The van der Waals surface area contributed by atoms with Crippen molar-refractivity contribution in [3.8, 4) is 0 Å². The zero-order valence-electron chi connectivity index (χ0n) is 14.1. The molecule has 0 spiro atoms. The molecule has 140 valence electrons. The second-order valence-electron chi connectivity index (χ2n) is 6.15. The number of amidine groups is 1. The summed E-state index contributed by atoms with van der Waals surface area (Å²) in [6.07, 6.45) is 10.1. The van der Waals surface area contributed by atoms with E-state index in [0.29, 0.717) is 23.3 Å². The molecule has 2 aromatic rings. The van der Waals surface area contributed by atoms with E-state index in [4.69, 9.17) is 11.6 Å². The van der Waals surface area contributed by atoms with Crippen molar-refractivity contribution in [2.24, 2.45) is 9.98 Å². The Morgan fingerprint density at radius 3 is 3.07 bits per heavy atom. The average molecular weight is 406 g/mol. The third-order valence-corrected chi connectivity index (χ3v) is 5.63. The Morgan fingerprint density at radius 2 is 2.26 bits per heavy atom. The first-order valence-electron chi connectivity index (χ1n) is 8.32. The lowest BCUT2D eigenvalue weighted by molar-refractivity contribution is 0.560. The molecule has 2 N–H and O–H groups in total. The van der Waals surface area contributed by atoms with Gasteiger partial charge in [-0.05, 0) is 12.8 Å². The van der Waals surface area contributed by atoms with Crippen molar-refractivity contribution in [3.05, 3.63) is 40.8 Å². The predicted octanol–water partition coefficient (Wildman–Crippen LogP) is 1.75. The smallest absolute Gasteiger partial charge is 0.217 e. The van der Waals surface area contributed by atoms with Gasteiger partial charge in [0.1, 0.15) is 16.8 Å². The van der Waals surface area contributed by atoms with Gasteiger partial charge in [0.2, 0.25) is 10.0 Å². The average Bonchev–Trinajstić information content (AvgIpc) is 3.05. The highest BCUT2D eigenvalue weighted by Crippen LogP contribution is 2.18. The van der Waals surface area contributed by atoms with E-state index in [2.05, 4.69) is 34.9 Å². The Labute approximate surface area is 160 Å². The fraction of sp³-hybridized carbons (Fsp3) is 0.312. The zero-order chi connectivity index (χ0) is 18.9. The van der Waals surface area contributed by atoms with Gasteiger partial charge in [0, 0.05) is 12.6 Å². The molecule has 0 amide bonds. The summed E-state index contributed by atoms with van der Waals surface area (Å²) in [4.78, 5) is 16.9. The van der Waals surface area contributed by atoms with Crippen LogP contribution < -0.4 is 4.72 Å². The molecule has 11 heteroatoms. The van der Waals surface area contributed by atoms with Crippen LogP contribution in [0.1, 0.15) is 25.0 Å². The van der Waals surface area contributed by atoms with E-state index in [1.807, 2.05) is 18.2 Å². The molecule has 1 atom stereocenters. The van der Waals surface area contributed by atoms with E-state index in [0.717, 1.165) is 18.4 Å². The second kappa shape index (κ2) is 7.29. The van der Waals surface area contributed by atoms with Crippen LogP contribution >= 0.6 is 11.6 Å². The Hall–Kier alpha value is -2.43. The molecule has 0 radical (unpaired) electrons. The predicted molar refractivity (Wildman–Crippen MR) is 104 cm³/mol. The van der Waals surface area contributed by atoms with Crippen molar-refractivity contribution in [1.29, 1.82) is 0 Å². The lowest BCUT2D eigenvalue weighted by Gasteiger charge is -2.17. The summed E-state index contributed by atoms with van der Waals surface area (Å²) >= 11 is 5.90. The molecule has 0 aromatic carbocycles. The van der Waals surface area contributed by atoms with E-state index in [-0.39, 0.29) is 16.7 Å². The number of rotatable bonds is 5. The van der Waals surface area contributed by atoms with Crippen LogP contribution in [0.15, 0.2) is 40.0 Å². The molecule has 27 heavy (non-hydrogen) atoms. The summed E-state index contributed by atoms with van der Waals surface area (Å²) in [5.41, 5.74) is 2.13. The van der Waals surface area contributed by atoms with E-state index < -0.39 is 16.2 Å². The third kappa shape index (κ3) is 4.12. The largest absolute Gasteiger partial charge is 0.259 e. The molecule has 0 fully saturated rings. The molecule has 1 aliphatic carbocycles. The Balaban J connectivity index is 1.55. The van der Waals surface area contributed by atoms with Crippen molar-refractivity contribution in [2.75, 3.05) is 5.75 Å². The van der Waals surface area contributed by atoms with E-state index >= 15 is 0 Å². The number of fused-ring (bicyclic) bond motifs is 1. The number of hydrogen-bond acceptors (Lipinski definition) is 7. The SMILES string of the molecule is O=S(=O)(CC1=CC=CCC1)NC1CC=NC(c2n[nH]c3ncc(Cl)nc23)=N1. The van der Waals surface area contributed by atoms with Crippen LogP contribution in [0.3, 0.4) is 0 Å². The molecule has 2 aromatic heterocycles. The third-order valence-electron chi connectivity index (χ3n) is 4.06. The molecule has 2 aliphatic rings. The van der Waals surface area contributed by atoms with Crippen molar-refractivity contribution < 1.29 is 8.42 Å². The van der Waals surface area contributed by atoms with Crippen molar-refractivity contribution >= 4 is 44.8 Å². The summed E-state index contributed by atoms with van der Waals surface area (Å²) in [7, 11) is -3.52. The molecule has 0 bridgehead atoms. The topological polar surface area (TPSA) is 125 Å². The monoisotopic (exact) mass is 405 g/mol. The van der Waals surface area contributed by atoms with Gasteiger partial charge in [-0.25, -0.2) is 28.4 Å². The molecular weight excluding hydrogens is 390 g/mol. The van der Waals surface area contributed by atoms with Gasteiger partial charge < -0.3 is 0 Å². The molecular formula is C16H16ClN7O2S. The van der Waals surface area contributed by atoms with Crippen LogP contribution in [0.2, 0.25) is 5.15 Å². The number of allylic oxidation sites excluding steroid dienone is 3. The van der Waals surface area contributed by atoms with Gasteiger partial charge >= 0.3 is 0 Å². The van der Waals surface area contributed by atoms with Gasteiger partial charge in [-0.1, -0.05) is 35.4 Å². The Kier molecular flexibility index (Phi) is 4.85. The van der Waals surface area contributed by atoms with Crippen LogP contribution in [-0.2, 0) is 10.0 Å². The molecule has 4 rings (SSSR count). The molecule has 9 nitrogen and oxygen atoms in total. The molecule has 3 heterocycles. The Morgan fingerprint density at radius 1 is 1.37 bits per heavy atom.